The third-order valence-electron chi connectivity index (χ3n) is 5.58. The van der Waals surface area contributed by atoms with E-state index in [2.05, 4.69) is 10.6 Å². The van der Waals surface area contributed by atoms with Gasteiger partial charge in [-0.05, 0) is 36.8 Å². The minimum Gasteiger partial charge on any atom is -1.00 e. The van der Waals surface area contributed by atoms with Gasteiger partial charge in [-0.25, -0.2) is 9.69 Å². The summed E-state index contributed by atoms with van der Waals surface area (Å²) >= 11 is 6.06. The quantitative estimate of drug-likeness (QED) is 0.228. The molecule has 0 spiro atoms. The summed E-state index contributed by atoms with van der Waals surface area (Å²) < 4.78 is 0. The minimum atomic E-state index is -0.890. The van der Waals surface area contributed by atoms with Crippen LogP contribution in [0.4, 0.5) is 21.9 Å². The summed E-state index contributed by atoms with van der Waals surface area (Å²) in [5.41, 5.74) is 1.40. The lowest BCUT2D eigenvalue weighted by Crippen LogP contribution is -3.00. The normalized spacial score (nSPS) is 17.5. The average Bonchev–Trinajstić information content (AvgIpc) is 2.79. The zero-order chi connectivity index (χ0) is 23.7. The van der Waals surface area contributed by atoms with Gasteiger partial charge in [0.2, 0.25) is 0 Å². The third-order valence-corrected chi connectivity index (χ3v) is 5.82. The summed E-state index contributed by atoms with van der Waals surface area (Å²) in [6.45, 7) is 4.82. The lowest BCUT2D eigenvalue weighted by Gasteiger charge is -2.30. The highest BCUT2D eigenvalue weighted by Gasteiger charge is 2.38. The molecule has 178 valence electrons. The van der Waals surface area contributed by atoms with Crippen molar-refractivity contribution in [2.45, 2.75) is 6.92 Å². The number of piperazine rings is 1. The van der Waals surface area contributed by atoms with Crippen LogP contribution in [-0.2, 0) is 9.59 Å². The number of nitrogens with zero attached hydrogens (tertiary/aromatic N) is 3. The summed E-state index contributed by atoms with van der Waals surface area (Å²) in [5, 5.41) is 16.0. The summed E-state index contributed by atoms with van der Waals surface area (Å²) in [7, 11) is 0. The maximum absolute atomic E-state index is 13.3. The van der Waals surface area contributed by atoms with Gasteiger partial charge in [-0.15, -0.1) is 0 Å². The molecule has 0 radical (unpaired) electrons. The highest BCUT2D eigenvalue weighted by atomic mass is 35.5. The number of quaternary nitrogens is 1. The summed E-state index contributed by atoms with van der Waals surface area (Å²) in [4.78, 5) is 52.2. The Morgan fingerprint density at radius 2 is 1.79 bits per heavy atom. The van der Waals surface area contributed by atoms with Crippen LogP contribution in [0.5, 0.6) is 0 Å². The number of non-ortho nitro benzene ring substituents is 1. The largest absolute Gasteiger partial charge is 1.00 e. The molecule has 34 heavy (non-hydrogen) atoms. The van der Waals surface area contributed by atoms with E-state index in [1.807, 2.05) is 4.90 Å². The van der Waals surface area contributed by atoms with Crippen LogP contribution in [-0.4, -0.2) is 48.9 Å². The van der Waals surface area contributed by atoms with Gasteiger partial charge in [-0.1, -0.05) is 17.7 Å². The Hall–Kier alpha value is -3.47. The first-order chi connectivity index (χ1) is 15.8. The zero-order valence-electron chi connectivity index (χ0n) is 18.1. The van der Waals surface area contributed by atoms with Crippen molar-refractivity contribution in [2.24, 2.45) is 0 Å². The second-order valence-electron chi connectivity index (χ2n) is 7.74. The Labute approximate surface area is 206 Å². The number of urea groups is 1. The van der Waals surface area contributed by atoms with Gasteiger partial charge in [0.05, 0.1) is 36.8 Å². The number of benzene rings is 2. The van der Waals surface area contributed by atoms with Crippen molar-refractivity contribution in [1.29, 1.82) is 0 Å². The molecule has 2 aromatic rings. The van der Waals surface area contributed by atoms with Gasteiger partial charge in [0.1, 0.15) is 5.57 Å². The number of anilines is 2. The van der Waals surface area contributed by atoms with E-state index in [-0.39, 0.29) is 29.4 Å². The fourth-order valence-corrected chi connectivity index (χ4v) is 4.07. The number of nitrogens with one attached hydrogen (secondary N) is 1. The SMILES string of the molecule is Cc1ccc(Cl)cc1N1C(=O)NC(=O)/C(=C/c2cc([N+](=O)[O-])ccc2N2CC[NH2+]CC2)C1=O.[Cl-]. The third kappa shape index (κ3) is 4.89. The van der Waals surface area contributed by atoms with E-state index in [9.17, 15) is 24.5 Å². The van der Waals surface area contributed by atoms with E-state index in [0.717, 1.165) is 18.0 Å². The Kier molecular flexibility index (Phi) is 7.55. The molecule has 0 aromatic heterocycles. The summed E-state index contributed by atoms with van der Waals surface area (Å²) in [6.07, 6.45) is 1.30. The van der Waals surface area contributed by atoms with Crippen LogP contribution in [0.1, 0.15) is 11.1 Å². The number of barbiturate groups is 1. The predicted molar refractivity (Wildman–Crippen MR) is 122 cm³/mol. The first-order valence-electron chi connectivity index (χ1n) is 10.3. The van der Waals surface area contributed by atoms with Crippen LogP contribution in [0.2, 0.25) is 5.02 Å². The lowest BCUT2D eigenvalue weighted by molar-refractivity contribution is -0.655. The molecular weight excluding hydrogens is 485 g/mol. The molecule has 12 heteroatoms. The summed E-state index contributed by atoms with van der Waals surface area (Å²) in [6, 6.07) is 8.19. The molecule has 2 saturated heterocycles. The Bertz CT molecular complexity index is 1210. The Morgan fingerprint density at radius 3 is 2.47 bits per heavy atom. The van der Waals surface area contributed by atoms with E-state index >= 15 is 0 Å². The van der Waals surface area contributed by atoms with Crippen LogP contribution < -0.4 is 32.8 Å². The molecule has 10 nitrogen and oxygen atoms in total. The first-order valence-corrected chi connectivity index (χ1v) is 10.7. The van der Waals surface area contributed by atoms with Crippen molar-refractivity contribution in [3.63, 3.8) is 0 Å². The average molecular weight is 506 g/mol. The maximum Gasteiger partial charge on any atom is 0.335 e. The molecule has 2 aliphatic rings. The van der Waals surface area contributed by atoms with Crippen molar-refractivity contribution in [3.05, 3.63) is 68.2 Å². The van der Waals surface area contributed by atoms with Crippen LogP contribution in [0.25, 0.3) is 6.08 Å². The molecule has 2 aromatic carbocycles. The highest BCUT2D eigenvalue weighted by Crippen LogP contribution is 2.31. The Morgan fingerprint density at radius 1 is 1.09 bits per heavy atom. The number of amides is 4. The number of hydrogen-bond acceptors (Lipinski definition) is 6. The fraction of sp³-hybridized carbons (Fsp3) is 0.227. The molecule has 2 fully saturated rings. The van der Waals surface area contributed by atoms with E-state index < -0.39 is 22.8 Å². The number of nitro groups is 1. The van der Waals surface area contributed by atoms with Gasteiger partial charge in [0.15, 0.2) is 0 Å². The minimum absolute atomic E-state index is 0. The number of nitro benzene ring substituents is 1. The van der Waals surface area contributed by atoms with Crippen LogP contribution >= 0.6 is 11.6 Å². The van der Waals surface area contributed by atoms with E-state index in [0.29, 0.717) is 34.9 Å². The zero-order valence-corrected chi connectivity index (χ0v) is 19.6. The smallest absolute Gasteiger partial charge is 0.335 e. The van der Waals surface area contributed by atoms with E-state index in [1.165, 1.54) is 24.3 Å². The number of halogens is 2. The van der Waals surface area contributed by atoms with Crippen molar-refractivity contribution >= 4 is 52.6 Å². The number of imide groups is 2. The molecule has 3 N–H and O–H groups in total. The van der Waals surface area contributed by atoms with Gasteiger partial charge >= 0.3 is 6.03 Å². The molecule has 0 unspecified atom stereocenters. The van der Waals surface area contributed by atoms with Crippen molar-refractivity contribution in [2.75, 3.05) is 36.0 Å². The number of rotatable bonds is 4. The van der Waals surface area contributed by atoms with Crippen molar-refractivity contribution in [1.82, 2.24) is 5.32 Å². The molecule has 4 rings (SSSR count). The molecule has 0 aliphatic carbocycles. The summed E-state index contributed by atoms with van der Waals surface area (Å²) in [5.74, 6) is -1.70. The topological polar surface area (TPSA) is 129 Å². The first kappa shape index (κ1) is 25.2. The van der Waals surface area contributed by atoms with Gasteiger partial charge in [-0.3, -0.25) is 25.0 Å². The van der Waals surface area contributed by atoms with Gasteiger partial charge in [-0.2, -0.15) is 0 Å². The standard InChI is InChI=1S/C22H20ClN5O5.ClH/c1-13-2-3-15(23)12-19(13)27-21(30)17(20(29)25-22(27)31)11-14-10-16(28(32)33)4-5-18(14)26-8-6-24-7-9-26;/h2-5,10-12,24H,6-9H2,1H3,(H,25,29,31);1H/b17-11-;. The highest BCUT2D eigenvalue weighted by molar-refractivity contribution is 6.39. The number of aryl methyl sites for hydroxylation is 1. The van der Waals surface area contributed by atoms with Crippen LogP contribution in [0.15, 0.2) is 42.0 Å². The second kappa shape index (κ2) is 10.2. The number of hydrogen-bond donors (Lipinski definition) is 2. The van der Waals surface area contributed by atoms with Crippen molar-refractivity contribution < 1.29 is 37.0 Å². The second-order valence-corrected chi connectivity index (χ2v) is 8.18. The van der Waals surface area contributed by atoms with E-state index in [4.69, 9.17) is 11.6 Å². The molecular formula is C22H21Cl2N5O5. The predicted octanol–water partition coefficient (Wildman–Crippen LogP) is -1.39. The monoisotopic (exact) mass is 505 g/mol. The lowest BCUT2D eigenvalue weighted by atomic mass is 10.0. The molecule has 2 aliphatic heterocycles. The van der Waals surface area contributed by atoms with Crippen molar-refractivity contribution in [3.8, 4) is 0 Å². The number of carbonyl (C=O) groups excluding carboxylic acids is 3. The number of nitrogens with two attached hydrogens (primary N) is 1. The van der Waals surface area contributed by atoms with E-state index in [1.54, 1.807) is 25.1 Å². The van der Waals surface area contributed by atoms with Crippen LogP contribution in [0.3, 0.4) is 0 Å². The van der Waals surface area contributed by atoms with Gasteiger partial charge < -0.3 is 22.6 Å². The molecule has 0 atom stereocenters. The molecule has 0 bridgehead atoms. The molecule has 2 heterocycles. The van der Waals surface area contributed by atoms with Gasteiger partial charge in [0.25, 0.3) is 17.5 Å². The Balaban J connectivity index is 0.00000324. The molecule has 0 saturated carbocycles. The number of carbonyl (C=O) groups is 3. The maximum atomic E-state index is 13.3. The van der Waals surface area contributed by atoms with Crippen LogP contribution in [0, 0.1) is 17.0 Å². The van der Waals surface area contributed by atoms with Gasteiger partial charge in [0, 0.05) is 28.4 Å². The molecule has 4 amide bonds. The fourth-order valence-electron chi connectivity index (χ4n) is 3.91.